The van der Waals surface area contributed by atoms with Crippen LogP contribution in [0.5, 0.6) is 0 Å². The minimum atomic E-state index is -1.23. The highest BCUT2D eigenvalue weighted by Gasteiger charge is 2.42. The van der Waals surface area contributed by atoms with Gasteiger partial charge in [-0.25, -0.2) is 0 Å². The molecule has 0 aliphatic carbocycles. The summed E-state index contributed by atoms with van der Waals surface area (Å²) in [5.41, 5.74) is 2.00. The van der Waals surface area contributed by atoms with E-state index >= 15 is 0 Å². The lowest BCUT2D eigenvalue weighted by Crippen LogP contribution is -2.53. The fourth-order valence-corrected chi connectivity index (χ4v) is 3.47. The van der Waals surface area contributed by atoms with E-state index in [1.54, 1.807) is 10.8 Å². The zero-order chi connectivity index (χ0) is 17.4. The molecule has 2 aromatic heterocycles. The maximum absolute atomic E-state index is 11.0. The van der Waals surface area contributed by atoms with E-state index in [2.05, 4.69) is 15.3 Å². The fraction of sp³-hybridized carbons (Fsp3) is 0.389. The van der Waals surface area contributed by atoms with E-state index < -0.39 is 11.7 Å². The first kappa shape index (κ1) is 16.0. The van der Waals surface area contributed by atoms with E-state index in [-0.39, 0.29) is 0 Å². The van der Waals surface area contributed by atoms with Crippen molar-refractivity contribution in [2.24, 2.45) is 0 Å². The topological polar surface area (TPSA) is 86.8 Å². The van der Waals surface area contributed by atoms with Crippen LogP contribution < -0.4 is 4.90 Å². The van der Waals surface area contributed by atoms with Crippen LogP contribution in [0.1, 0.15) is 24.6 Å². The van der Waals surface area contributed by atoms with Gasteiger partial charge < -0.3 is 15.1 Å². The Kier molecular flexibility index (Phi) is 3.89. The Morgan fingerprint density at radius 2 is 2.08 bits per heavy atom. The van der Waals surface area contributed by atoms with Gasteiger partial charge in [0.2, 0.25) is 5.65 Å². The molecule has 130 valence electrons. The Labute approximate surface area is 145 Å². The first-order chi connectivity index (χ1) is 12.1. The lowest BCUT2D eigenvalue weighted by molar-refractivity contribution is -0.0917. The molecule has 2 atom stereocenters. The Morgan fingerprint density at radius 3 is 2.80 bits per heavy atom. The molecule has 1 aliphatic heterocycles. The van der Waals surface area contributed by atoms with Gasteiger partial charge in [-0.1, -0.05) is 37.3 Å². The third-order valence-corrected chi connectivity index (χ3v) is 4.98. The number of hydrogen-bond donors (Lipinski definition) is 2. The van der Waals surface area contributed by atoms with Gasteiger partial charge >= 0.3 is 0 Å². The molecule has 1 aliphatic rings. The van der Waals surface area contributed by atoms with Crippen LogP contribution in [0.4, 0.5) is 5.69 Å². The molecule has 0 unspecified atom stereocenters. The number of anilines is 1. The zero-order valence-electron chi connectivity index (χ0n) is 14.1. The summed E-state index contributed by atoms with van der Waals surface area (Å²) in [7, 11) is 0. The third kappa shape index (κ3) is 2.65. The lowest BCUT2D eigenvalue weighted by Gasteiger charge is -2.43. The number of aromatic nitrogens is 4. The van der Waals surface area contributed by atoms with Gasteiger partial charge in [-0.05, 0) is 18.1 Å². The number of aryl methyl sites for hydroxylation is 1. The van der Waals surface area contributed by atoms with Crippen LogP contribution in [0.2, 0.25) is 0 Å². The van der Waals surface area contributed by atoms with Gasteiger partial charge in [0.1, 0.15) is 18.0 Å². The number of nitrogens with zero attached hydrogens (tertiary/aromatic N) is 5. The van der Waals surface area contributed by atoms with Gasteiger partial charge in [0.15, 0.2) is 0 Å². The predicted molar refractivity (Wildman–Crippen MR) is 93.3 cm³/mol. The smallest absolute Gasteiger partial charge is 0.200 e. The maximum Gasteiger partial charge on any atom is 0.200 e. The molecule has 0 saturated carbocycles. The summed E-state index contributed by atoms with van der Waals surface area (Å²) >= 11 is 0. The van der Waals surface area contributed by atoms with Crippen molar-refractivity contribution in [3.63, 3.8) is 0 Å². The van der Waals surface area contributed by atoms with Crippen LogP contribution >= 0.6 is 0 Å². The van der Waals surface area contributed by atoms with Crippen LogP contribution in [0, 0.1) is 0 Å². The van der Waals surface area contributed by atoms with E-state index in [1.165, 1.54) is 0 Å². The van der Waals surface area contributed by atoms with Crippen LogP contribution in [-0.2, 0) is 12.0 Å². The standard InChI is InChI=1S/C18H21N5O2/c1-2-14-10-15(17-20-19-12-23(17)21-14)22-9-8-18(25,16(24)11-22)13-6-4-3-5-7-13/h3-7,10,12,16,24-25H,2,8-9,11H2,1H3/t16-,18-/m0/s1. The summed E-state index contributed by atoms with van der Waals surface area (Å²) in [6, 6.07) is 11.4. The second kappa shape index (κ2) is 6.09. The van der Waals surface area contributed by atoms with Crippen molar-refractivity contribution in [1.29, 1.82) is 0 Å². The van der Waals surface area contributed by atoms with Crippen molar-refractivity contribution in [3.8, 4) is 0 Å². The van der Waals surface area contributed by atoms with Crippen molar-refractivity contribution in [3.05, 3.63) is 54.0 Å². The van der Waals surface area contributed by atoms with Crippen LogP contribution in [0.15, 0.2) is 42.7 Å². The summed E-state index contributed by atoms with van der Waals surface area (Å²) < 4.78 is 1.67. The minimum Gasteiger partial charge on any atom is -0.388 e. The fourth-order valence-electron chi connectivity index (χ4n) is 3.47. The highest BCUT2D eigenvalue weighted by molar-refractivity contribution is 5.68. The highest BCUT2D eigenvalue weighted by atomic mass is 16.3. The molecule has 2 N–H and O–H groups in total. The normalized spacial score (nSPS) is 24.0. The van der Waals surface area contributed by atoms with Gasteiger partial charge in [0.05, 0.1) is 11.4 Å². The van der Waals surface area contributed by atoms with Crippen molar-refractivity contribution < 1.29 is 10.2 Å². The molecule has 7 heteroatoms. The van der Waals surface area contributed by atoms with E-state index in [0.29, 0.717) is 25.2 Å². The number of benzene rings is 1. The number of rotatable bonds is 3. The quantitative estimate of drug-likeness (QED) is 0.744. The minimum absolute atomic E-state index is 0.321. The molecule has 1 aromatic carbocycles. The molecular formula is C18H21N5O2. The van der Waals surface area contributed by atoms with Crippen LogP contribution in [0.3, 0.4) is 0 Å². The molecular weight excluding hydrogens is 318 g/mol. The molecule has 0 bridgehead atoms. The van der Waals surface area contributed by atoms with Crippen LogP contribution in [0.25, 0.3) is 5.65 Å². The molecule has 4 rings (SSSR count). The third-order valence-electron chi connectivity index (χ3n) is 4.98. The molecule has 0 radical (unpaired) electrons. The molecule has 3 aromatic rings. The molecule has 0 amide bonds. The molecule has 25 heavy (non-hydrogen) atoms. The summed E-state index contributed by atoms with van der Waals surface area (Å²) in [4.78, 5) is 2.05. The average molecular weight is 339 g/mol. The molecule has 1 fully saturated rings. The molecule has 1 saturated heterocycles. The van der Waals surface area contributed by atoms with Crippen molar-refractivity contribution >= 4 is 11.3 Å². The summed E-state index contributed by atoms with van der Waals surface area (Å²) in [5, 5.41) is 34.3. The Balaban J connectivity index is 1.66. The number of aliphatic hydroxyl groups is 2. The van der Waals surface area contributed by atoms with Crippen molar-refractivity contribution in [2.75, 3.05) is 18.0 Å². The highest BCUT2D eigenvalue weighted by Crippen LogP contribution is 2.35. The zero-order valence-corrected chi connectivity index (χ0v) is 14.1. The number of β-amino-alcohol motifs (C(OH)–C–C–N with tert-alkyl or cyclic N) is 1. The van der Waals surface area contributed by atoms with E-state index in [4.69, 9.17) is 0 Å². The Hall–Kier alpha value is -2.51. The first-order valence-corrected chi connectivity index (χ1v) is 8.52. The lowest BCUT2D eigenvalue weighted by atomic mass is 9.82. The molecule has 3 heterocycles. The molecule has 0 spiro atoms. The van der Waals surface area contributed by atoms with E-state index in [9.17, 15) is 10.2 Å². The average Bonchev–Trinajstić information content (AvgIpc) is 3.12. The number of fused-ring (bicyclic) bond motifs is 1. The largest absolute Gasteiger partial charge is 0.388 e. The first-order valence-electron chi connectivity index (χ1n) is 8.52. The van der Waals surface area contributed by atoms with E-state index in [1.807, 2.05) is 48.2 Å². The van der Waals surface area contributed by atoms with Gasteiger partial charge in [-0.2, -0.15) is 9.61 Å². The van der Waals surface area contributed by atoms with E-state index in [0.717, 1.165) is 23.4 Å². The number of hydrogen-bond acceptors (Lipinski definition) is 6. The second-order valence-electron chi connectivity index (χ2n) is 6.48. The number of piperidine rings is 1. The number of aliphatic hydroxyl groups excluding tert-OH is 1. The Morgan fingerprint density at radius 1 is 1.28 bits per heavy atom. The summed E-state index contributed by atoms with van der Waals surface area (Å²) in [5.74, 6) is 0. The van der Waals surface area contributed by atoms with Gasteiger partial charge in [-0.3, -0.25) is 0 Å². The summed E-state index contributed by atoms with van der Waals surface area (Å²) in [6.07, 6.45) is 1.91. The van der Waals surface area contributed by atoms with Gasteiger partial charge in [-0.15, -0.1) is 10.2 Å². The van der Waals surface area contributed by atoms with Gasteiger partial charge in [0, 0.05) is 19.5 Å². The SMILES string of the molecule is CCc1cc(N2CC[C@](O)(c3ccccc3)[C@@H](O)C2)c2nncn2n1. The van der Waals surface area contributed by atoms with Crippen molar-refractivity contribution in [1.82, 2.24) is 19.8 Å². The molecule has 7 nitrogen and oxygen atoms in total. The second-order valence-corrected chi connectivity index (χ2v) is 6.48. The summed E-state index contributed by atoms with van der Waals surface area (Å²) in [6.45, 7) is 2.97. The monoisotopic (exact) mass is 339 g/mol. The Bertz CT molecular complexity index is 882. The van der Waals surface area contributed by atoms with Crippen LogP contribution in [-0.4, -0.2) is 49.2 Å². The predicted octanol–water partition coefficient (Wildman–Crippen LogP) is 1.15. The van der Waals surface area contributed by atoms with Crippen molar-refractivity contribution in [2.45, 2.75) is 31.5 Å². The maximum atomic E-state index is 11.0. The van der Waals surface area contributed by atoms with Gasteiger partial charge in [0.25, 0.3) is 0 Å².